The van der Waals surface area contributed by atoms with Crippen LogP contribution in [0.25, 0.3) is 11.4 Å². The summed E-state index contributed by atoms with van der Waals surface area (Å²) in [6.45, 7) is 5.88. The minimum Gasteiger partial charge on any atom is -0.491 e. The largest absolute Gasteiger partial charge is 0.491 e. The van der Waals surface area contributed by atoms with Crippen LogP contribution in [-0.2, 0) is 0 Å². The fourth-order valence-corrected chi connectivity index (χ4v) is 2.00. The van der Waals surface area contributed by atoms with Gasteiger partial charge in [0, 0.05) is 5.56 Å². The lowest BCUT2D eigenvalue weighted by Crippen LogP contribution is -2.05. The third kappa shape index (κ3) is 3.45. The van der Waals surface area contributed by atoms with Gasteiger partial charge in [-0.05, 0) is 61.0 Å². The first-order valence-electron chi connectivity index (χ1n) is 5.94. The number of aromatic nitrogens is 2. The molecule has 1 heterocycles. The van der Waals surface area contributed by atoms with E-state index < -0.39 is 0 Å². The van der Waals surface area contributed by atoms with Gasteiger partial charge in [-0.1, -0.05) is 11.6 Å². The molecule has 0 spiro atoms. The van der Waals surface area contributed by atoms with Crippen molar-refractivity contribution < 1.29 is 4.74 Å². The Morgan fingerprint density at radius 1 is 1.16 bits per heavy atom. The molecule has 0 aliphatic carbocycles. The normalized spacial score (nSPS) is 10.8. The van der Waals surface area contributed by atoms with Gasteiger partial charge >= 0.3 is 0 Å². The van der Waals surface area contributed by atoms with E-state index in [-0.39, 0.29) is 6.10 Å². The van der Waals surface area contributed by atoms with Crippen molar-refractivity contribution in [2.24, 2.45) is 0 Å². The molecule has 0 fully saturated rings. The highest BCUT2D eigenvalue weighted by atomic mass is 79.9. The van der Waals surface area contributed by atoms with E-state index in [2.05, 4.69) is 25.9 Å². The van der Waals surface area contributed by atoms with E-state index in [9.17, 15) is 0 Å². The molecule has 0 amide bonds. The zero-order valence-electron chi connectivity index (χ0n) is 10.9. The monoisotopic (exact) mass is 340 g/mol. The van der Waals surface area contributed by atoms with Gasteiger partial charge in [-0.3, -0.25) is 0 Å². The lowest BCUT2D eigenvalue weighted by atomic mass is 10.2. The lowest BCUT2D eigenvalue weighted by molar-refractivity contribution is 0.242. The molecule has 0 saturated heterocycles. The summed E-state index contributed by atoms with van der Waals surface area (Å²) in [5.41, 5.74) is 1.73. The molecular weight excluding hydrogens is 328 g/mol. The van der Waals surface area contributed by atoms with Gasteiger partial charge < -0.3 is 4.74 Å². The smallest absolute Gasteiger partial charge is 0.161 e. The Labute approximate surface area is 126 Å². The summed E-state index contributed by atoms with van der Waals surface area (Å²) in [4.78, 5) is 8.67. The lowest BCUT2D eigenvalue weighted by Gasteiger charge is -2.10. The van der Waals surface area contributed by atoms with E-state index in [1.54, 1.807) is 0 Å². The number of nitrogens with zero attached hydrogens (tertiary/aromatic N) is 2. The first kappa shape index (κ1) is 14.3. The highest BCUT2D eigenvalue weighted by molar-refractivity contribution is 9.10. The Morgan fingerprint density at radius 2 is 1.79 bits per heavy atom. The molecular formula is C14H14BrClN2O. The van der Waals surface area contributed by atoms with Crippen molar-refractivity contribution in [1.82, 2.24) is 9.97 Å². The molecule has 0 aliphatic rings. The van der Waals surface area contributed by atoms with E-state index in [4.69, 9.17) is 16.3 Å². The summed E-state index contributed by atoms with van der Waals surface area (Å²) in [5.74, 6) is 1.44. The molecule has 19 heavy (non-hydrogen) atoms. The topological polar surface area (TPSA) is 35.0 Å². The number of hydrogen-bond donors (Lipinski definition) is 0. The Balaban J connectivity index is 2.32. The zero-order valence-corrected chi connectivity index (χ0v) is 13.3. The SMILES string of the molecule is Cc1nc(-c2ccc(OC(C)C)cc2)nc(Cl)c1Br. The summed E-state index contributed by atoms with van der Waals surface area (Å²) in [7, 11) is 0. The maximum absolute atomic E-state index is 6.05. The van der Waals surface area contributed by atoms with Crippen molar-refractivity contribution in [3.05, 3.63) is 39.6 Å². The maximum Gasteiger partial charge on any atom is 0.161 e. The van der Waals surface area contributed by atoms with Gasteiger partial charge in [0.25, 0.3) is 0 Å². The van der Waals surface area contributed by atoms with Gasteiger partial charge in [-0.15, -0.1) is 0 Å². The molecule has 0 saturated carbocycles. The predicted molar refractivity (Wildman–Crippen MR) is 80.7 cm³/mol. The summed E-state index contributed by atoms with van der Waals surface area (Å²) in [5, 5.41) is 0.421. The fourth-order valence-electron chi connectivity index (χ4n) is 1.61. The molecule has 1 aromatic heterocycles. The molecule has 0 bridgehead atoms. The van der Waals surface area contributed by atoms with Crippen LogP contribution < -0.4 is 4.74 Å². The van der Waals surface area contributed by atoms with E-state index >= 15 is 0 Å². The van der Waals surface area contributed by atoms with E-state index in [1.807, 2.05) is 45.0 Å². The van der Waals surface area contributed by atoms with Crippen LogP contribution in [0.4, 0.5) is 0 Å². The Morgan fingerprint density at radius 3 is 2.32 bits per heavy atom. The van der Waals surface area contributed by atoms with Crippen molar-refractivity contribution in [2.75, 3.05) is 0 Å². The predicted octanol–water partition coefficient (Wildman–Crippen LogP) is 4.66. The number of halogens is 2. The number of rotatable bonds is 3. The second-order valence-corrected chi connectivity index (χ2v) is 5.58. The molecule has 0 N–H and O–H groups in total. The summed E-state index contributed by atoms with van der Waals surface area (Å²) in [6.07, 6.45) is 0.159. The van der Waals surface area contributed by atoms with Crippen molar-refractivity contribution >= 4 is 27.5 Å². The standard InChI is InChI=1S/C14H14BrClN2O/c1-8(2)19-11-6-4-10(5-7-11)14-17-9(3)12(15)13(16)18-14/h4-8H,1-3H3. The summed E-state index contributed by atoms with van der Waals surface area (Å²) < 4.78 is 6.33. The number of ether oxygens (including phenoxy) is 1. The number of benzene rings is 1. The quantitative estimate of drug-likeness (QED) is 0.762. The molecule has 0 atom stereocenters. The molecule has 3 nitrogen and oxygen atoms in total. The zero-order chi connectivity index (χ0) is 14.0. The van der Waals surface area contributed by atoms with Crippen molar-refractivity contribution in [1.29, 1.82) is 0 Å². The fraction of sp³-hybridized carbons (Fsp3) is 0.286. The Bertz CT molecular complexity index is 561. The van der Waals surface area contributed by atoms with Crippen molar-refractivity contribution in [3.8, 4) is 17.1 Å². The van der Waals surface area contributed by atoms with Gasteiger partial charge in [0.05, 0.1) is 16.3 Å². The van der Waals surface area contributed by atoms with Gasteiger partial charge in [0.1, 0.15) is 10.9 Å². The van der Waals surface area contributed by atoms with Gasteiger partial charge in [-0.2, -0.15) is 0 Å². The minimum atomic E-state index is 0.159. The van der Waals surface area contributed by atoms with E-state index in [0.29, 0.717) is 11.0 Å². The Kier molecular flexibility index (Phi) is 4.42. The first-order valence-corrected chi connectivity index (χ1v) is 7.11. The Hall–Kier alpha value is -1.13. The molecule has 1 aromatic carbocycles. The van der Waals surface area contributed by atoms with Crippen LogP contribution in [-0.4, -0.2) is 16.1 Å². The molecule has 2 rings (SSSR count). The number of aryl methyl sites for hydroxylation is 1. The molecule has 0 radical (unpaired) electrons. The second kappa shape index (κ2) is 5.88. The maximum atomic E-state index is 6.05. The van der Waals surface area contributed by atoms with Crippen LogP contribution in [0, 0.1) is 6.92 Å². The van der Waals surface area contributed by atoms with E-state index in [0.717, 1.165) is 21.5 Å². The van der Waals surface area contributed by atoms with Crippen molar-refractivity contribution in [3.63, 3.8) is 0 Å². The third-order valence-corrected chi connectivity index (χ3v) is 3.91. The van der Waals surface area contributed by atoms with Gasteiger partial charge in [-0.25, -0.2) is 9.97 Å². The molecule has 5 heteroatoms. The number of hydrogen-bond acceptors (Lipinski definition) is 3. The second-order valence-electron chi connectivity index (χ2n) is 4.43. The van der Waals surface area contributed by atoms with Crippen LogP contribution >= 0.6 is 27.5 Å². The average Bonchev–Trinajstić information content (AvgIpc) is 2.35. The minimum absolute atomic E-state index is 0.159. The van der Waals surface area contributed by atoms with Crippen LogP contribution in [0.15, 0.2) is 28.7 Å². The summed E-state index contributed by atoms with van der Waals surface area (Å²) >= 11 is 9.39. The van der Waals surface area contributed by atoms with Crippen LogP contribution in [0.5, 0.6) is 5.75 Å². The molecule has 100 valence electrons. The molecule has 2 aromatic rings. The molecule has 0 aliphatic heterocycles. The van der Waals surface area contributed by atoms with Crippen LogP contribution in [0.2, 0.25) is 5.15 Å². The molecule has 0 unspecified atom stereocenters. The summed E-state index contributed by atoms with van der Waals surface area (Å²) in [6, 6.07) is 7.67. The van der Waals surface area contributed by atoms with E-state index in [1.165, 1.54) is 0 Å². The highest BCUT2D eigenvalue weighted by Crippen LogP contribution is 2.27. The van der Waals surface area contributed by atoms with Crippen LogP contribution in [0.3, 0.4) is 0 Å². The van der Waals surface area contributed by atoms with Gasteiger partial charge in [0.15, 0.2) is 5.82 Å². The highest BCUT2D eigenvalue weighted by Gasteiger charge is 2.09. The third-order valence-electron chi connectivity index (χ3n) is 2.46. The van der Waals surface area contributed by atoms with Gasteiger partial charge in [0.2, 0.25) is 0 Å². The van der Waals surface area contributed by atoms with Crippen LogP contribution in [0.1, 0.15) is 19.5 Å². The van der Waals surface area contributed by atoms with Crippen molar-refractivity contribution in [2.45, 2.75) is 26.9 Å². The average molecular weight is 342 g/mol. The first-order chi connectivity index (χ1) is 8.97.